The van der Waals surface area contributed by atoms with E-state index in [4.69, 9.17) is 12.2 Å². The number of carbonyl (C=O) groups is 1. The van der Waals surface area contributed by atoms with Gasteiger partial charge >= 0.3 is 0 Å². The Labute approximate surface area is 216 Å². The molecule has 5 rings (SSSR count). The molecule has 1 fully saturated rings. The number of nitrogens with zero attached hydrogens (tertiary/aromatic N) is 4. The molecule has 3 aromatic heterocycles. The number of hydrogen-bond acceptors (Lipinski definition) is 4. The summed E-state index contributed by atoms with van der Waals surface area (Å²) in [6.45, 7) is 4.47. The van der Waals surface area contributed by atoms with Gasteiger partial charge in [-0.3, -0.25) is 9.78 Å². The Balaban J connectivity index is 1.44. The zero-order valence-electron chi connectivity index (χ0n) is 20.3. The molecular formula is C28H28N6OS. The van der Waals surface area contributed by atoms with Crippen molar-refractivity contribution < 1.29 is 4.79 Å². The average molecular weight is 497 g/mol. The van der Waals surface area contributed by atoms with Gasteiger partial charge in [0.05, 0.1) is 17.8 Å². The highest BCUT2D eigenvalue weighted by atomic mass is 32.1. The molecule has 1 amide bonds. The number of amides is 1. The second-order valence-corrected chi connectivity index (χ2v) is 9.32. The van der Waals surface area contributed by atoms with Crippen molar-refractivity contribution >= 4 is 28.9 Å². The van der Waals surface area contributed by atoms with Gasteiger partial charge in [0.15, 0.2) is 5.11 Å². The molecule has 4 heterocycles. The fourth-order valence-corrected chi connectivity index (χ4v) is 4.89. The molecule has 0 aliphatic carbocycles. The van der Waals surface area contributed by atoms with Crippen molar-refractivity contribution in [3.05, 3.63) is 108 Å². The van der Waals surface area contributed by atoms with E-state index in [1.165, 1.54) is 0 Å². The third-order valence-electron chi connectivity index (χ3n) is 6.42. The van der Waals surface area contributed by atoms with Gasteiger partial charge in [0.25, 0.3) is 0 Å². The van der Waals surface area contributed by atoms with Crippen LogP contribution >= 0.6 is 12.2 Å². The quantitative estimate of drug-likeness (QED) is 0.355. The van der Waals surface area contributed by atoms with E-state index in [2.05, 4.69) is 36.1 Å². The predicted molar refractivity (Wildman–Crippen MR) is 145 cm³/mol. The van der Waals surface area contributed by atoms with Gasteiger partial charge in [0, 0.05) is 42.9 Å². The van der Waals surface area contributed by atoms with Crippen molar-refractivity contribution in [3.63, 3.8) is 0 Å². The molecule has 2 atom stereocenters. The summed E-state index contributed by atoms with van der Waals surface area (Å²) in [7, 11) is 0. The Kier molecular flexibility index (Phi) is 6.77. The van der Waals surface area contributed by atoms with Crippen LogP contribution in [0.3, 0.4) is 0 Å². The molecule has 0 spiro atoms. The normalized spacial score (nSPS) is 17.2. The molecule has 0 radical (unpaired) electrons. The van der Waals surface area contributed by atoms with E-state index in [1.54, 1.807) is 6.20 Å². The molecule has 8 heteroatoms. The smallest absolute Gasteiger partial charge is 0.226 e. The maximum Gasteiger partial charge on any atom is 0.226 e. The zero-order chi connectivity index (χ0) is 25.1. The van der Waals surface area contributed by atoms with Crippen molar-refractivity contribution in [2.45, 2.75) is 32.4 Å². The monoisotopic (exact) mass is 496 g/mol. The van der Waals surface area contributed by atoms with E-state index in [0.717, 1.165) is 34.0 Å². The summed E-state index contributed by atoms with van der Waals surface area (Å²) in [5.74, 6) is 0.776. The lowest BCUT2D eigenvalue weighted by molar-refractivity contribution is -0.116. The summed E-state index contributed by atoms with van der Waals surface area (Å²) in [6.07, 6.45) is 5.95. The Bertz CT molecular complexity index is 1370. The van der Waals surface area contributed by atoms with Crippen LogP contribution in [-0.2, 0) is 4.79 Å². The van der Waals surface area contributed by atoms with Gasteiger partial charge in [-0.25, -0.2) is 4.98 Å². The summed E-state index contributed by atoms with van der Waals surface area (Å²) in [5, 5.41) is 7.09. The van der Waals surface area contributed by atoms with Crippen LogP contribution in [0.25, 0.3) is 5.82 Å². The lowest BCUT2D eigenvalue weighted by atomic mass is 10.0. The lowest BCUT2D eigenvalue weighted by Crippen LogP contribution is -2.33. The summed E-state index contributed by atoms with van der Waals surface area (Å²) >= 11 is 5.78. The maximum atomic E-state index is 12.9. The summed E-state index contributed by atoms with van der Waals surface area (Å²) in [4.78, 5) is 24.2. The number of rotatable bonds is 7. The molecule has 0 saturated carbocycles. The molecule has 1 saturated heterocycles. The Hall–Kier alpha value is -4.04. The van der Waals surface area contributed by atoms with Crippen LogP contribution in [0.15, 0.2) is 85.3 Å². The number of hydrogen-bond donors (Lipinski definition) is 2. The number of benzene rings is 1. The SMILES string of the molecule is Cc1ccc(-n2cccc2[C@@H]2[C@@H](c3ccccn3)NC(=S)N2CCC(=O)Nc2ccccc2C)nc1. The van der Waals surface area contributed by atoms with E-state index < -0.39 is 0 Å². The Morgan fingerprint density at radius 1 is 1.03 bits per heavy atom. The minimum atomic E-state index is -0.170. The molecule has 0 bridgehead atoms. The number of carbonyl (C=O) groups excluding carboxylic acids is 1. The summed E-state index contributed by atoms with van der Waals surface area (Å²) in [5.41, 5.74) is 4.87. The largest absolute Gasteiger partial charge is 0.352 e. The Morgan fingerprint density at radius 3 is 2.61 bits per heavy atom. The number of thiocarbonyl (C=S) groups is 1. The van der Waals surface area contributed by atoms with Crippen LogP contribution < -0.4 is 10.6 Å². The number of aromatic nitrogens is 3. The van der Waals surface area contributed by atoms with Crippen LogP contribution in [0.5, 0.6) is 0 Å². The van der Waals surface area contributed by atoms with Crippen molar-refractivity contribution in [2.75, 3.05) is 11.9 Å². The minimum Gasteiger partial charge on any atom is -0.352 e. The third kappa shape index (κ3) is 4.85. The van der Waals surface area contributed by atoms with Gasteiger partial charge in [-0.2, -0.15) is 0 Å². The maximum absolute atomic E-state index is 12.9. The van der Waals surface area contributed by atoms with Crippen molar-refractivity contribution in [1.29, 1.82) is 0 Å². The molecule has 1 aliphatic rings. The summed E-state index contributed by atoms with van der Waals surface area (Å²) in [6, 6.07) is 21.5. The van der Waals surface area contributed by atoms with E-state index >= 15 is 0 Å². The average Bonchev–Trinajstić information content (AvgIpc) is 3.49. The van der Waals surface area contributed by atoms with E-state index in [9.17, 15) is 4.79 Å². The van der Waals surface area contributed by atoms with Gasteiger partial charge in [-0.05, 0) is 73.6 Å². The van der Waals surface area contributed by atoms with Gasteiger partial charge in [-0.1, -0.05) is 30.3 Å². The van der Waals surface area contributed by atoms with Crippen LogP contribution in [0, 0.1) is 13.8 Å². The molecule has 0 unspecified atom stereocenters. The second kappa shape index (κ2) is 10.3. The highest BCUT2D eigenvalue weighted by molar-refractivity contribution is 7.80. The molecular weight excluding hydrogens is 468 g/mol. The molecule has 182 valence electrons. The van der Waals surface area contributed by atoms with Crippen LogP contribution in [0.2, 0.25) is 0 Å². The molecule has 1 aliphatic heterocycles. The predicted octanol–water partition coefficient (Wildman–Crippen LogP) is 4.89. The molecule has 36 heavy (non-hydrogen) atoms. The van der Waals surface area contributed by atoms with Crippen molar-refractivity contribution in [1.82, 2.24) is 24.8 Å². The number of anilines is 1. The fourth-order valence-electron chi connectivity index (χ4n) is 4.56. The van der Waals surface area contributed by atoms with Gasteiger partial charge in [-0.15, -0.1) is 0 Å². The third-order valence-corrected chi connectivity index (χ3v) is 6.77. The van der Waals surface area contributed by atoms with E-state index in [1.807, 2.05) is 86.9 Å². The number of pyridine rings is 2. The van der Waals surface area contributed by atoms with E-state index in [-0.39, 0.29) is 18.0 Å². The topological polar surface area (TPSA) is 75.1 Å². The van der Waals surface area contributed by atoms with Gasteiger partial charge in [0.2, 0.25) is 5.91 Å². The van der Waals surface area contributed by atoms with Crippen molar-refractivity contribution in [2.24, 2.45) is 0 Å². The van der Waals surface area contributed by atoms with Crippen molar-refractivity contribution in [3.8, 4) is 5.82 Å². The first kappa shape index (κ1) is 23.7. The highest BCUT2D eigenvalue weighted by Gasteiger charge is 2.41. The zero-order valence-corrected chi connectivity index (χ0v) is 21.1. The van der Waals surface area contributed by atoms with Gasteiger partial charge in [0.1, 0.15) is 5.82 Å². The van der Waals surface area contributed by atoms with Crippen LogP contribution in [-0.4, -0.2) is 37.0 Å². The number of nitrogens with one attached hydrogen (secondary N) is 2. The summed E-state index contributed by atoms with van der Waals surface area (Å²) < 4.78 is 2.08. The molecule has 2 N–H and O–H groups in total. The highest BCUT2D eigenvalue weighted by Crippen LogP contribution is 2.39. The standard InChI is InChI=1S/C28H28N6OS/c1-19-12-13-24(30-18-19)33-16-7-11-23(33)27-26(22-10-5-6-15-29-22)32-28(36)34(27)17-14-25(35)31-21-9-4-3-8-20(21)2/h3-13,15-16,18,26-27H,14,17H2,1-2H3,(H,31,35)(H,32,36)/t26-,27-/m1/s1. The number of para-hydroxylation sites is 1. The van der Waals surface area contributed by atoms with Crippen LogP contribution in [0.1, 0.15) is 41.0 Å². The molecule has 1 aromatic carbocycles. The minimum absolute atomic E-state index is 0.0530. The van der Waals surface area contributed by atoms with Crippen LogP contribution in [0.4, 0.5) is 5.69 Å². The second-order valence-electron chi connectivity index (χ2n) is 8.93. The number of aryl methyl sites for hydroxylation is 2. The first-order chi connectivity index (χ1) is 17.5. The molecule has 4 aromatic rings. The lowest BCUT2D eigenvalue weighted by Gasteiger charge is -2.28. The first-order valence-electron chi connectivity index (χ1n) is 11.9. The Morgan fingerprint density at radius 2 is 1.86 bits per heavy atom. The van der Waals surface area contributed by atoms with Gasteiger partial charge < -0.3 is 20.1 Å². The fraction of sp³-hybridized carbons (Fsp3) is 0.214. The first-order valence-corrected chi connectivity index (χ1v) is 12.4. The molecule has 7 nitrogen and oxygen atoms in total. The van der Waals surface area contributed by atoms with E-state index in [0.29, 0.717) is 18.1 Å².